The molecule has 128 valence electrons. The van der Waals surface area contributed by atoms with Crippen molar-refractivity contribution in [2.75, 3.05) is 24.7 Å². The number of phenols is 1. The molecule has 0 unspecified atom stereocenters. The van der Waals surface area contributed by atoms with Crippen LogP contribution in [0.1, 0.15) is 5.56 Å². The lowest BCUT2D eigenvalue weighted by atomic mass is 10.1. The topological polar surface area (TPSA) is 93.3 Å². The summed E-state index contributed by atoms with van der Waals surface area (Å²) in [4.78, 5) is 8.66. The minimum Gasteiger partial charge on any atom is -0.508 e. The lowest BCUT2D eigenvalue weighted by molar-refractivity contribution is 0.381. The number of aromatic nitrogens is 2. The first-order valence-electron chi connectivity index (χ1n) is 7.95. The molecule has 0 radical (unpaired) electrons. The molecule has 0 aliphatic rings. The van der Waals surface area contributed by atoms with Crippen LogP contribution in [0, 0.1) is 0 Å². The molecule has 0 spiro atoms. The molecule has 0 atom stereocenters. The summed E-state index contributed by atoms with van der Waals surface area (Å²) in [6.45, 7) is 0.712. The molecule has 6 heteroatoms. The van der Waals surface area contributed by atoms with Crippen molar-refractivity contribution < 1.29 is 9.84 Å². The largest absolute Gasteiger partial charge is 0.508 e. The third-order valence-corrected chi connectivity index (χ3v) is 3.73. The van der Waals surface area contributed by atoms with Gasteiger partial charge in [-0.25, -0.2) is 0 Å². The summed E-state index contributed by atoms with van der Waals surface area (Å²) >= 11 is 0. The highest BCUT2D eigenvalue weighted by molar-refractivity contribution is 5.64. The van der Waals surface area contributed by atoms with Crippen molar-refractivity contribution in [3.05, 3.63) is 60.2 Å². The van der Waals surface area contributed by atoms with E-state index in [1.165, 1.54) is 12.7 Å². The van der Waals surface area contributed by atoms with Crippen LogP contribution in [0.25, 0.3) is 11.3 Å². The molecule has 0 bridgehead atoms. The van der Waals surface area contributed by atoms with E-state index in [2.05, 4.69) is 15.3 Å². The Hall–Kier alpha value is -3.28. The lowest BCUT2D eigenvalue weighted by Gasteiger charge is -2.10. The summed E-state index contributed by atoms with van der Waals surface area (Å²) in [7, 11) is 1.53. The molecule has 3 rings (SSSR count). The van der Waals surface area contributed by atoms with Crippen molar-refractivity contribution >= 4 is 11.5 Å². The van der Waals surface area contributed by atoms with Crippen LogP contribution in [0.15, 0.2) is 54.6 Å². The van der Waals surface area contributed by atoms with Crippen LogP contribution < -0.4 is 15.8 Å². The highest BCUT2D eigenvalue weighted by Gasteiger charge is 2.08. The normalized spacial score (nSPS) is 10.4. The van der Waals surface area contributed by atoms with Gasteiger partial charge in [-0.15, -0.1) is 0 Å². The van der Waals surface area contributed by atoms with E-state index in [9.17, 15) is 5.11 Å². The van der Waals surface area contributed by atoms with Gasteiger partial charge in [-0.05, 0) is 36.2 Å². The van der Waals surface area contributed by atoms with Crippen LogP contribution in [-0.4, -0.2) is 28.7 Å². The number of nitrogens with zero attached hydrogens (tertiary/aromatic N) is 2. The van der Waals surface area contributed by atoms with Gasteiger partial charge < -0.3 is 20.9 Å². The quantitative estimate of drug-likeness (QED) is 0.599. The van der Waals surface area contributed by atoms with Gasteiger partial charge in [0, 0.05) is 23.9 Å². The summed E-state index contributed by atoms with van der Waals surface area (Å²) < 4.78 is 5.19. The van der Waals surface area contributed by atoms with Gasteiger partial charge in [0.15, 0.2) is 0 Å². The average molecular weight is 336 g/mol. The molecule has 0 fully saturated rings. The van der Waals surface area contributed by atoms with E-state index in [1.54, 1.807) is 18.2 Å². The number of hydrogen-bond donors (Lipinski definition) is 3. The van der Waals surface area contributed by atoms with Crippen molar-refractivity contribution in [3.63, 3.8) is 0 Å². The van der Waals surface area contributed by atoms with Crippen LogP contribution in [-0.2, 0) is 6.42 Å². The molecule has 2 aromatic carbocycles. The van der Waals surface area contributed by atoms with Gasteiger partial charge in [0.25, 0.3) is 0 Å². The second kappa shape index (κ2) is 7.53. The van der Waals surface area contributed by atoms with Gasteiger partial charge in [0.05, 0.1) is 12.8 Å². The Bertz CT molecular complexity index is 850. The smallest absolute Gasteiger partial charge is 0.318 e. The molecular weight excluding hydrogens is 316 g/mol. The maximum atomic E-state index is 9.66. The van der Waals surface area contributed by atoms with Gasteiger partial charge in [0.1, 0.15) is 11.6 Å². The van der Waals surface area contributed by atoms with Crippen LogP contribution in [0.4, 0.5) is 11.5 Å². The molecule has 4 N–H and O–H groups in total. The number of nitrogen functional groups attached to an aromatic ring is 1. The minimum absolute atomic E-state index is 0.188. The van der Waals surface area contributed by atoms with E-state index in [4.69, 9.17) is 10.5 Å². The van der Waals surface area contributed by atoms with Crippen molar-refractivity contribution in [2.45, 2.75) is 6.42 Å². The van der Waals surface area contributed by atoms with E-state index in [-0.39, 0.29) is 11.8 Å². The Morgan fingerprint density at radius 3 is 2.60 bits per heavy atom. The third kappa shape index (κ3) is 4.38. The molecular formula is C19H20N4O2. The molecule has 0 aliphatic carbocycles. The molecule has 1 heterocycles. The Morgan fingerprint density at radius 1 is 1.08 bits per heavy atom. The summed E-state index contributed by atoms with van der Waals surface area (Å²) in [5.74, 6) is 0.855. The summed E-state index contributed by atoms with van der Waals surface area (Å²) in [5.41, 5.74) is 9.12. The number of anilines is 2. The number of hydrogen-bond acceptors (Lipinski definition) is 6. The monoisotopic (exact) mass is 336 g/mol. The highest BCUT2D eigenvalue weighted by Crippen LogP contribution is 2.25. The molecule has 0 saturated carbocycles. The number of aromatic hydroxyl groups is 1. The predicted octanol–water partition coefficient (Wildman–Crippen LogP) is 3.09. The van der Waals surface area contributed by atoms with Crippen molar-refractivity contribution in [1.29, 1.82) is 0 Å². The number of benzene rings is 2. The number of ether oxygens (including phenoxy) is 1. The SMILES string of the molecule is COc1nc(NCCc2ccc(N)cc2)cc(-c2cccc(O)c2)n1. The lowest BCUT2D eigenvalue weighted by Crippen LogP contribution is -2.08. The van der Waals surface area contributed by atoms with Gasteiger partial charge >= 0.3 is 6.01 Å². The van der Waals surface area contributed by atoms with Crippen molar-refractivity contribution in [3.8, 4) is 23.0 Å². The first-order chi connectivity index (χ1) is 12.1. The maximum Gasteiger partial charge on any atom is 0.318 e. The molecule has 0 saturated heterocycles. The van der Waals surface area contributed by atoms with Crippen molar-refractivity contribution in [2.24, 2.45) is 0 Å². The Balaban J connectivity index is 1.74. The van der Waals surface area contributed by atoms with E-state index >= 15 is 0 Å². The zero-order valence-corrected chi connectivity index (χ0v) is 13.9. The number of phenolic OH excluding ortho intramolecular Hbond substituents is 1. The van der Waals surface area contributed by atoms with Crippen LogP contribution in [0.3, 0.4) is 0 Å². The fourth-order valence-electron chi connectivity index (χ4n) is 2.44. The number of methoxy groups -OCH3 is 1. The molecule has 6 nitrogen and oxygen atoms in total. The first-order valence-corrected chi connectivity index (χ1v) is 7.95. The van der Waals surface area contributed by atoms with Gasteiger partial charge in [-0.3, -0.25) is 0 Å². The van der Waals surface area contributed by atoms with Crippen LogP contribution >= 0.6 is 0 Å². The first kappa shape index (κ1) is 16.6. The second-order valence-electron chi connectivity index (χ2n) is 5.59. The molecule has 3 aromatic rings. The average Bonchev–Trinajstić information content (AvgIpc) is 2.63. The highest BCUT2D eigenvalue weighted by atomic mass is 16.5. The Kier molecular flexibility index (Phi) is 4.99. The second-order valence-corrected chi connectivity index (χ2v) is 5.59. The van der Waals surface area contributed by atoms with Gasteiger partial charge in [-0.2, -0.15) is 9.97 Å². The third-order valence-electron chi connectivity index (χ3n) is 3.73. The summed E-state index contributed by atoms with van der Waals surface area (Å²) in [6.07, 6.45) is 0.841. The van der Waals surface area contributed by atoms with E-state index in [1.807, 2.05) is 36.4 Å². The Labute approximate surface area is 146 Å². The number of nitrogens with two attached hydrogens (primary N) is 1. The minimum atomic E-state index is 0.188. The van der Waals surface area contributed by atoms with E-state index in [0.717, 1.165) is 17.7 Å². The summed E-state index contributed by atoms with van der Waals surface area (Å²) in [5, 5.41) is 12.9. The molecule has 0 amide bonds. The zero-order chi connectivity index (χ0) is 17.6. The van der Waals surface area contributed by atoms with Gasteiger partial charge in [-0.1, -0.05) is 24.3 Å². The fourth-order valence-corrected chi connectivity index (χ4v) is 2.44. The standard InChI is InChI=1S/C19H20N4O2/c1-25-19-22-17(14-3-2-4-16(24)11-14)12-18(23-19)21-10-9-13-5-7-15(20)8-6-13/h2-8,11-12,24H,9-10,20H2,1H3,(H,21,22,23). The molecule has 25 heavy (non-hydrogen) atoms. The zero-order valence-electron chi connectivity index (χ0n) is 13.9. The van der Waals surface area contributed by atoms with Crippen LogP contribution in [0.2, 0.25) is 0 Å². The van der Waals surface area contributed by atoms with Gasteiger partial charge in [0.2, 0.25) is 0 Å². The number of nitrogens with one attached hydrogen (secondary N) is 1. The maximum absolute atomic E-state index is 9.66. The van der Waals surface area contributed by atoms with Crippen molar-refractivity contribution in [1.82, 2.24) is 9.97 Å². The predicted molar refractivity (Wildman–Crippen MR) is 98.7 cm³/mol. The van der Waals surface area contributed by atoms with E-state index < -0.39 is 0 Å². The molecule has 1 aromatic heterocycles. The molecule has 0 aliphatic heterocycles. The van der Waals surface area contributed by atoms with Crippen LogP contribution in [0.5, 0.6) is 11.8 Å². The van der Waals surface area contributed by atoms with E-state index in [0.29, 0.717) is 18.1 Å². The fraction of sp³-hybridized carbons (Fsp3) is 0.158. The summed E-state index contributed by atoms with van der Waals surface area (Å²) in [6, 6.07) is 16.8. The number of rotatable bonds is 6. The Morgan fingerprint density at radius 2 is 1.88 bits per heavy atom.